The number of nitrogens with zero attached hydrogens (tertiary/aromatic N) is 3. The van der Waals surface area contributed by atoms with E-state index in [-0.39, 0.29) is 5.91 Å². The molecule has 28 heavy (non-hydrogen) atoms. The number of hydrogen-bond donors (Lipinski definition) is 0. The van der Waals surface area contributed by atoms with E-state index in [0.29, 0.717) is 12.5 Å². The molecule has 0 spiro atoms. The first kappa shape index (κ1) is 18.8. The Bertz CT molecular complexity index is 888. The van der Waals surface area contributed by atoms with Crippen molar-refractivity contribution in [1.29, 1.82) is 0 Å². The Morgan fingerprint density at radius 1 is 1.07 bits per heavy atom. The van der Waals surface area contributed by atoms with Crippen LogP contribution in [0.5, 0.6) is 0 Å². The summed E-state index contributed by atoms with van der Waals surface area (Å²) >= 11 is 1.55. The van der Waals surface area contributed by atoms with Crippen LogP contribution in [0.4, 0.5) is 0 Å². The summed E-state index contributed by atoms with van der Waals surface area (Å²) in [4.78, 5) is 24.3. The predicted octanol–water partition coefficient (Wildman–Crippen LogP) is 4.76. The van der Waals surface area contributed by atoms with Crippen molar-refractivity contribution < 1.29 is 4.79 Å². The molecule has 2 heterocycles. The fourth-order valence-corrected chi connectivity index (χ4v) is 4.67. The maximum absolute atomic E-state index is 13.1. The molecule has 1 aliphatic rings. The summed E-state index contributed by atoms with van der Waals surface area (Å²) in [5, 5.41) is 2.87. The maximum atomic E-state index is 13.1. The molecule has 144 valence electrons. The highest BCUT2D eigenvalue weighted by molar-refractivity contribution is 7.13. The molecular weight excluding hydrogens is 366 g/mol. The van der Waals surface area contributed by atoms with E-state index in [1.165, 1.54) is 18.4 Å². The Kier molecular flexibility index (Phi) is 6.12. The van der Waals surface area contributed by atoms with E-state index in [1.807, 2.05) is 29.6 Å². The molecule has 4 nitrogen and oxygen atoms in total. The van der Waals surface area contributed by atoms with E-state index in [9.17, 15) is 4.79 Å². The van der Waals surface area contributed by atoms with E-state index in [4.69, 9.17) is 0 Å². The number of carbonyl (C=O) groups excluding carboxylic acids is 1. The normalized spacial score (nSPS) is 14.3. The molecule has 2 aromatic heterocycles. The number of rotatable bonds is 7. The van der Waals surface area contributed by atoms with Gasteiger partial charge in [-0.3, -0.25) is 9.78 Å². The van der Waals surface area contributed by atoms with E-state index in [1.54, 1.807) is 17.5 Å². The van der Waals surface area contributed by atoms with Gasteiger partial charge in [0.1, 0.15) is 5.01 Å². The number of aromatic nitrogens is 2. The van der Waals surface area contributed by atoms with Gasteiger partial charge < -0.3 is 4.90 Å². The minimum absolute atomic E-state index is 0.195. The lowest BCUT2D eigenvalue weighted by Gasteiger charge is -2.29. The van der Waals surface area contributed by atoms with Crippen molar-refractivity contribution in [3.8, 4) is 10.7 Å². The summed E-state index contributed by atoms with van der Waals surface area (Å²) < 4.78 is 0. The van der Waals surface area contributed by atoms with Crippen LogP contribution in [0.2, 0.25) is 0 Å². The monoisotopic (exact) mass is 391 g/mol. The molecule has 0 atom stereocenters. The highest BCUT2D eigenvalue weighted by Gasteiger charge is 2.27. The summed E-state index contributed by atoms with van der Waals surface area (Å²) in [7, 11) is 0. The Hall–Kier alpha value is -2.53. The van der Waals surface area contributed by atoms with Gasteiger partial charge in [-0.25, -0.2) is 4.98 Å². The van der Waals surface area contributed by atoms with Crippen LogP contribution in [0.15, 0.2) is 60.1 Å². The highest BCUT2D eigenvalue weighted by Crippen LogP contribution is 2.26. The number of benzene rings is 1. The third kappa shape index (κ3) is 4.65. The van der Waals surface area contributed by atoms with Crippen LogP contribution in [0.1, 0.15) is 36.9 Å². The molecule has 1 fully saturated rings. The molecule has 1 aromatic carbocycles. The number of carbonyl (C=O) groups is 1. The summed E-state index contributed by atoms with van der Waals surface area (Å²) in [6.07, 6.45) is 7.73. The van der Waals surface area contributed by atoms with Gasteiger partial charge in [0.25, 0.3) is 0 Å². The van der Waals surface area contributed by atoms with Crippen molar-refractivity contribution in [2.24, 2.45) is 0 Å². The van der Waals surface area contributed by atoms with Crippen LogP contribution in [0, 0.1) is 0 Å². The number of thiazole rings is 1. The quantitative estimate of drug-likeness (QED) is 0.583. The first-order valence-corrected chi connectivity index (χ1v) is 10.9. The zero-order valence-electron chi connectivity index (χ0n) is 16.0. The molecule has 0 aliphatic heterocycles. The van der Waals surface area contributed by atoms with Crippen LogP contribution in [-0.4, -0.2) is 33.4 Å². The van der Waals surface area contributed by atoms with Gasteiger partial charge >= 0.3 is 0 Å². The molecule has 4 rings (SSSR count). The molecule has 0 N–H and O–H groups in total. The minimum Gasteiger partial charge on any atom is -0.339 e. The van der Waals surface area contributed by atoms with Gasteiger partial charge in [-0.1, -0.05) is 49.2 Å². The molecule has 0 saturated heterocycles. The van der Waals surface area contributed by atoms with Gasteiger partial charge in [-0.2, -0.15) is 0 Å². The van der Waals surface area contributed by atoms with Crippen LogP contribution in [0.3, 0.4) is 0 Å². The van der Waals surface area contributed by atoms with Gasteiger partial charge in [-0.05, 0) is 37.0 Å². The first-order valence-electron chi connectivity index (χ1n) is 9.99. The van der Waals surface area contributed by atoms with Crippen molar-refractivity contribution in [3.63, 3.8) is 0 Å². The highest BCUT2D eigenvalue weighted by atomic mass is 32.1. The molecule has 0 bridgehead atoms. The van der Waals surface area contributed by atoms with Gasteiger partial charge in [0.05, 0.1) is 17.8 Å². The minimum atomic E-state index is 0.195. The van der Waals surface area contributed by atoms with E-state index >= 15 is 0 Å². The Labute approximate surface area is 170 Å². The molecule has 1 aliphatic carbocycles. The lowest BCUT2D eigenvalue weighted by atomic mass is 10.1. The van der Waals surface area contributed by atoms with Gasteiger partial charge in [-0.15, -0.1) is 11.3 Å². The number of pyridine rings is 1. The maximum Gasteiger partial charge on any atom is 0.228 e. The fraction of sp³-hybridized carbons (Fsp3) is 0.348. The lowest BCUT2D eigenvalue weighted by Crippen LogP contribution is -2.41. The van der Waals surface area contributed by atoms with Crippen molar-refractivity contribution in [1.82, 2.24) is 14.9 Å². The molecule has 3 aromatic rings. The zero-order valence-corrected chi connectivity index (χ0v) is 16.8. The van der Waals surface area contributed by atoms with Gasteiger partial charge in [0.2, 0.25) is 5.91 Å². The molecule has 1 amide bonds. The van der Waals surface area contributed by atoms with Crippen molar-refractivity contribution in [2.75, 3.05) is 6.54 Å². The summed E-state index contributed by atoms with van der Waals surface area (Å²) in [6.45, 7) is 0.782. The van der Waals surface area contributed by atoms with Gasteiger partial charge in [0.15, 0.2) is 0 Å². The third-order valence-electron chi connectivity index (χ3n) is 5.34. The topological polar surface area (TPSA) is 46.1 Å². The average molecular weight is 392 g/mol. The van der Waals surface area contributed by atoms with Gasteiger partial charge in [0, 0.05) is 24.2 Å². The number of amides is 1. The molecule has 0 radical (unpaired) electrons. The van der Waals surface area contributed by atoms with Crippen molar-refractivity contribution in [3.05, 3.63) is 71.4 Å². The zero-order chi connectivity index (χ0) is 19.2. The van der Waals surface area contributed by atoms with Crippen LogP contribution < -0.4 is 0 Å². The second-order valence-corrected chi connectivity index (χ2v) is 8.15. The Morgan fingerprint density at radius 3 is 2.61 bits per heavy atom. The Balaban J connectivity index is 1.44. The molecule has 5 heteroatoms. The summed E-state index contributed by atoms with van der Waals surface area (Å²) in [5.74, 6) is 0.195. The van der Waals surface area contributed by atoms with Crippen LogP contribution in [0.25, 0.3) is 10.7 Å². The standard InChI is InChI=1S/C23H25N3OS/c27-22(16-19-17-28-23(25-19)21-12-6-7-14-24-21)26(20-10-4-5-11-20)15-13-18-8-2-1-3-9-18/h1-3,6-9,12,14,17,20H,4-5,10-11,13,15-16H2. The smallest absolute Gasteiger partial charge is 0.228 e. The van der Waals surface area contributed by atoms with Crippen LogP contribution in [-0.2, 0) is 17.6 Å². The predicted molar refractivity (Wildman–Crippen MR) is 113 cm³/mol. The molecule has 0 unspecified atom stereocenters. The molecular formula is C23H25N3OS. The summed E-state index contributed by atoms with van der Waals surface area (Å²) in [6, 6.07) is 16.6. The van der Waals surface area contributed by atoms with Crippen molar-refractivity contribution in [2.45, 2.75) is 44.6 Å². The van der Waals surface area contributed by atoms with E-state index in [0.717, 1.165) is 42.2 Å². The first-order chi connectivity index (χ1) is 13.8. The lowest BCUT2D eigenvalue weighted by molar-refractivity contribution is -0.132. The summed E-state index contributed by atoms with van der Waals surface area (Å²) in [5.41, 5.74) is 2.99. The van der Waals surface area contributed by atoms with Crippen molar-refractivity contribution >= 4 is 17.2 Å². The third-order valence-corrected chi connectivity index (χ3v) is 6.25. The average Bonchev–Trinajstić information content (AvgIpc) is 3.42. The Morgan fingerprint density at radius 2 is 1.86 bits per heavy atom. The second kappa shape index (κ2) is 9.11. The SMILES string of the molecule is O=C(Cc1csc(-c2ccccn2)n1)N(CCc1ccccc1)C1CCCC1. The largest absolute Gasteiger partial charge is 0.339 e. The van der Waals surface area contributed by atoms with E-state index in [2.05, 4.69) is 39.1 Å². The molecule has 1 saturated carbocycles. The number of hydrogen-bond acceptors (Lipinski definition) is 4. The second-order valence-electron chi connectivity index (χ2n) is 7.30. The van der Waals surface area contributed by atoms with Crippen LogP contribution >= 0.6 is 11.3 Å². The van der Waals surface area contributed by atoms with E-state index < -0.39 is 0 Å². The fourth-order valence-electron chi connectivity index (χ4n) is 3.87.